The first-order valence-electron chi connectivity index (χ1n) is 10.8. The summed E-state index contributed by atoms with van der Waals surface area (Å²) in [6, 6.07) is 9.31. The number of hydrogen-bond acceptors (Lipinski definition) is 4. The Balaban J connectivity index is 1.62. The summed E-state index contributed by atoms with van der Waals surface area (Å²) >= 11 is 0. The second-order valence-electron chi connectivity index (χ2n) is 9.09. The minimum absolute atomic E-state index is 0.342. The minimum atomic E-state index is -3.19. The predicted octanol–water partition coefficient (Wildman–Crippen LogP) is 3.15. The molecule has 3 fully saturated rings. The number of sulfonamides is 1. The molecule has 1 aromatic carbocycles. The lowest BCUT2D eigenvalue weighted by Gasteiger charge is -2.56. The van der Waals surface area contributed by atoms with Crippen LogP contribution in [-0.4, -0.2) is 61.7 Å². The molecule has 0 aliphatic carbocycles. The molecule has 0 saturated carbocycles. The number of fused-ring (bicyclic) bond motifs is 4. The molecule has 28 heavy (non-hydrogen) atoms. The molecule has 0 aromatic heterocycles. The van der Waals surface area contributed by atoms with Crippen LogP contribution < -0.4 is 4.74 Å². The normalized spacial score (nSPS) is 31.6. The van der Waals surface area contributed by atoms with Crippen LogP contribution in [0.1, 0.15) is 45.1 Å². The van der Waals surface area contributed by atoms with Crippen molar-refractivity contribution in [3.8, 4) is 5.75 Å². The van der Waals surface area contributed by atoms with Gasteiger partial charge in [0.15, 0.2) is 0 Å². The average molecular weight is 407 g/mol. The van der Waals surface area contributed by atoms with Crippen molar-refractivity contribution in [1.29, 1.82) is 0 Å². The van der Waals surface area contributed by atoms with Gasteiger partial charge in [-0.15, -0.1) is 0 Å². The van der Waals surface area contributed by atoms with E-state index in [1.807, 2.05) is 10.4 Å². The number of nitrogens with zero attached hydrogens (tertiary/aromatic N) is 2. The average Bonchev–Trinajstić information content (AvgIpc) is 2.71. The highest BCUT2D eigenvalue weighted by atomic mass is 32.2. The van der Waals surface area contributed by atoms with Crippen LogP contribution in [0.15, 0.2) is 24.3 Å². The van der Waals surface area contributed by atoms with Crippen molar-refractivity contribution in [2.75, 3.05) is 26.7 Å². The van der Waals surface area contributed by atoms with Crippen molar-refractivity contribution in [3.05, 3.63) is 29.8 Å². The molecular formula is C22H34N2O3S. The van der Waals surface area contributed by atoms with Crippen LogP contribution in [0.25, 0.3) is 0 Å². The predicted molar refractivity (Wildman–Crippen MR) is 112 cm³/mol. The van der Waals surface area contributed by atoms with E-state index in [0.29, 0.717) is 37.0 Å². The first-order valence-corrected chi connectivity index (χ1v) is 12.3. The molecule has 0 unspecified atom stereocenters. The summed E-state index contributed by atoms with van der Waals surface area (Å²) in [5, 5.41) is -0.342. The highest BCUT2D eigenvalue weighted by Gasteiger charge is 2.49. The second-order valence-corrected chi connectivity index (χ2v) is 11.6. The Morgan fingerprint density at radius 3 is 2.71 bits per heavy atom. The molecule has 156 valence electrons. The van der Waals surface area contributed by atoms with Crippen LogP contribution in [0.5, 0.6) is 5.75 Å². The summed E-state index contributed by atoms with van der Waals surface area (Å²) in [5.41, 5.74) is 1.29. The number of piperidine rings is 3. The van der Waals surface area contributed by atoms with Crippen molar-refractivity contribution in [1.82, 2.24) is 9.21 Å². The van der Waals surface area contributed by atoms with Crippen molar-refractivity contribution in [2.24, 2.45) is 11.8 Å². The van der Waals surface area contributed by atoms with Gasteiger partial charge in [0.2, 0.25) is 10.0 Å². The van der Waals surface area contributed by atoms with Crippen molar-refractivity contribution in [3.63, 3.8) is 0 Å². The fourth-order valence-electron chi connectivity index (χ4n) is 5.69. The van der Waals surface area contributed by atoms with E-state index in [9.17, 15) is 8.42 Å². The maximum Gasteiger partial charge on any atom is 0.216 e. The third-order valence-corrected chi connectivity index (χ3v) is 9.33. The number of methoxy groups -OCH3 is 1. The molecule has 2 bridgehead atoms. The Hall–Kier alpha value is -1.11. The van der Waals surface area contributed by atoms with Gasteiger partial charge in [-0.25, -0.2) is 12.7 Å². The molecule has 3 aliphatic rings. The van der Waals surface area contributed by atoms with Crippen LogP contribution >= 0.6 is 0 Å². The molecule has 0 spiro atoms. The van der Waals surface area contributed by atoms with Gasteiger partial charge in [0.05, 0.1) is 12.4 Å². The molecule has 3 saturated heterocycles. The molecule has 3 heterocycles. The molecule has 6 heteroatoms. The van der Waals surface area contributed by atoms with E-state index in [-0.39, 0.29) is 5.25 Å². The lowest BCUT2D eigenvalue weighted by molar-refractivity contribution is -0.0551. The monoisotopic (exact) mass is 406 g/mol. The number of benzene rings is 1. The van der Waals surface area contributed by atoms with Gasteiger partial charge in [-0.3, -0.25) is 4.90 Å². The van der Waals surface area contributed by atoms with Crippen LogP contribution in [0.2, 0.25) is 0 Å². The van der Waals surface area contributed by atoms with Crippen LogP contribution in [0.3, 0.4) is 0 Å². The molecule has 4 atom stereocenters. The van der Waals surface area contributed by atoms with E-state index in [1.54, 1.807) is 21.0 Å². The first kappa shape index (κ1) is 20.2. The van der Waals surface area contributed by atoms with E-state index >= 15 is 0 Å². The zero-order chi connectivity index (χ0) is 19.9. The van der Waals surface area contributed by atoms with Gasteiger partial charge in [-0.05, 0) is 75.6 Å². The Bertz CT molecular complexity index is 795. The zero-order valence-electron chi connectivity index (χ0n) is 17.4. The third kappa shape index (κ3) is 3.71. The number of rotatable bonds is 5. The molecule has 1 aromatic rings. The van der Waals surface area contributed by atoms with Gasteiger partial charge >= 0.3 is 0 Å². The highest BCUT2D eigenvalue weighted by Crippen LogP contribution is 2.43. The fraction of sp³-hybridized carbons (Fsp3) is 0.727. The quantitative estimate of drug-likeness (QED) is 0.754. The second kappa shape index (κ2) is 7.96. The van der Waals surface area contributed by atoms with Gasteiger partial charge in [-0.1, -0.05) is 18.6 Å². The van der Waals surface area contributed by atoms with Gasteiger partial charge in [0.25, 0.3) is 0 Å². The maximum atomic E-state index is 12.9. The SMILES string of the molecule is COc1cccc(C[C@H]2[C@H]3C[C@H](CN(S(=O)(=O)C(C)C)C3)[C@@H]3CCCCN32)c1. The molecule has 5 nitrogen and oxygen atoms in total. The van der Waals surface area contributed by atoms with Gasteiger partial charge in [-0.2, -0.15) is 0 Å². The van der Waals surface area contributed by atoms with Gasteiger partial charge < -0.3 is 4.74 Å². The molecule has 0 N–H and O–H groups in total. The van der Waals surface area contributed by atoms with E-state index in [0.717, 1.165) is 18.7 Å². The van der Waals surface area contributed by atoms with Crippen molar-refractivity contribution in [2.45, 2.75) is 63.3 Å². The topological polar surface area (TPSA) is 49.9 Å². The first-order chi connectivity index (χ1) is 13.4. The van der Waals surface area contributed by atoms with E-state index in [2.05, 4.69) is 23.1 Å². The van der Waals surface area contributed by atoms with E-state index in [1.165, 1.54) is 31.2 Å². The molecular weight excluding hydrogens is 372 g/mol. The Labute approximate surface area is 170 Å². The summed E-state index contributed by atoms with van der Waals surface area (Å²) in [6.07, 6.45) is 5.88. The number of hydrogen-bond donors (Lipinski definition) is 0. The molecule has 0 radical (unpaired) electrons. The standard InChI is InChI=1S/C22H34N2O3S/c1-16(2)28(25,26)23-14-18-13-19(15-23)22(24-10-5-4-9-21(18)24)12-17-7-6-8-20(11-17)27-3/h6-8,11,16,18-19,21-22H,4-5,9-10,12-15H2,1-3H3/t18-,19+,21+,22+/m1/s1. The molecule has 4 rings (SSSR count). The lowest BCUT2D eigenvalue weighted by atomic mass is 9.71. The third-order valence-electron chi connectivity index (χ3n) is 7.12. The van der Waals surface area contributed by atoms with Crippen LogP contribution in [0.4, 0.5) is 0 Å². The fourth-order valence-corrected chi connectivity index (χ4v) is 7.09. The number of ether oxygens (including phenoxy) is 1. The zero-order valence-corrected chi connectivity index (χ0v) is 18.2. The van der Waals surface area contributed by atoms with Gasteiger partial charge in [0.1, 0.15) is 5.75 Å². The smallest absolute Gasteiger partial charge is 0.216 e. The van der Waals surface area contributed by atoms with Crippen molar-refractivity contribution >= 4 is 10.0 Å². The lowest BCUT2D eigenvalue weighted by Crippen LogP contribution is -2.64. The summed E-state index contributed by atoms with van der Waals surface area (Å²) < 4.78 is 33.1. The molecule has 0 amide bonds. The van der Waals surface area contributed by atoms with Crippen LogP contribution in [0, 0.1) is 11.8 Å². The largest absolute Gasteiger partial charge is 0.497 e. The Morgan fingerprint density at radius 1 is 1.18 bits per heavy atom. The minimum Gasteiger partial charge on any atom is -0.497 e. The van der Waals surface area contributed by atoms with Crippen molar-refractivity contribution < 1.29 is 13.2 Å². The summed E-state index contributed by atoms with van der Waals surface area (Å²) in [4.78, 5) is 2.74. The van der Waals surface area contributed by atoms with E-state index in [4.69, 9.17) is 4.74 Å². The summed E-state index contributed by atoms with van der Waals surface area (Å²) in [5.74, 6) is 1.79. The highest BCUT2D eigenvalue weighted by molar-refractivity contribution is 7.89. The van der Waals surface area contributed by atoms with Crippen LogP contribution in [-0.2, 0) is 16.4 Å². The maximum absolute atomic E-state index is 12.9. The van der Waals surface area contributed by atoms with Gasteiger partial charge in [0, 0.05) is 25.2 Å². The Kier molecular flexibility index (Phi) is 5.73. The summed E-state index contributed by atoms with van der Waals surface area (Å²) in [6.45, 7) is 6.16. The van der Waals surface area contributed by atoms with E-state index < -0.39 is 10.0 Å². The Morgan fingerprint density at radius 2 is 1.96 bits per heavy atom. The molecule has 3 aliphatic heterocycles. The summed E-state index contributed by atoms with van der Waals surface area (Å²) in [7, 11) is -1.48.